The summed E-state index contributed by atoms with van der Waals surface area (Å²) in [5.41, 5.74) is 0. The zero-order valence-corrected chi connectivity index (χ0v) is 9.51. The second-order valence-corrected chi connectivity index (χ2v) is 5.59. The van der Waals surface area contributed by atoms with Gasteiger partial charge in [0.05, 0.1) is 6.33 Å². The molecule has 1 aromatic rings. The minimum Gasteiger partial charge on any atom is -0.335 e. The van der Waals surface area contributed by atoms with Crippen LogP contribution in [-0.4, -0.2) is 29.5 Å². The molecule has 0 aliphatic rings. The first-order chi connectivity index (χ1) is 6.54. The summed E-state index contributed by atoms with van der Waals surface area (Å²) >= 11 is 1.79. The molecule has 1 heterocycles. The van der Waals surface area contributed by atoms with Crippen molar-refractivity contribution in [2.45, 2.75) is 18.5 Å². The Bertz CT molecular complexity index is 385. The fraction of sp³-hybridized carbons (Fsp3) is 0.571. The second kappa shape index (κ2) is 4.81. The summed E-state index contributed by atoms with van der Waals surface area (Å²) in [4.78, 5) is 3.71. The van der Waals surface area contributed by atoms with Crippen LogP contribution in [0.5, 0.6) is 0 Å². The van der Waals surface area contributed by atoms with E-state index in [0.29, 0.717) is 0 Å². The van der Waals surface area contributed by atoms with Gasteiger partial charge in [-0.3, -0.25) is 0 Å². The predicted octanol–water partition coefficient (Wildman–Crippen LogP) is 0.284. The van der Waals surface area contributed by atoms with Crippen LogP contribution >= 0.6 is 11.8 Å². The Morgan fingerprint density at radius 2 is 2.36 bits per heavy atom. The Labute approximate surface area is 87.8 Å². The van der Waals surface area contributed by atoms with Crippen LogP contribution in [0.25, 0.3) is 0 Å². The molecule has 0 aromatic carbocycles. The highest BCUT2D eigenvalue weighted by atomic mass is 32.2. The van der Waals surface area contributed by atoms with Gasteiger partial charge in [0.1, 0.15) is 0 Å². The molecule has 1 rings (SSSR count). The molecule has 0 saturated heterocycles. The average Bonchev–Trinajstić information content (AvgIpc) is 2.52. The van der Waals surface area contributed by atoms with E-state index in [1.807, 2.05) is 0 Å². The summed E-state index contributed by atoms with van der Waals surface area (Å²) in [6, 6.07) is 0. The third-order valence-corrected chi connectivity index (χ3v) is 3.27. The molecule has 0 fully saturated rings. The minimum atomic E-state index is -3.65. The van der Waals surface area contributed by atoms with Gasteiger partial charge in [-0.1, -0.05) is 6.92 Å². The number of aryl methyl sites for hydroxylation is 1. The Morgan fingerprint density at radius 3 is 2.86 bits per heavy atom. The van der Waals surface area contributed by atoms with Gasteiger partial charge in [0.25, 0.3) is 10.0 Å². The third-order valence-electron chi connectivity index (χ3n) is 1.60. The summed E-state index contributed by atoms with van der Waals surface area (Å²) < 4.78 is 23.5. The molecule has 14 heavy (non-hydrogen) atoms. The van der Waals surface area contributed by atoms with Gasteiger partial charge in [-0.05, 0) is 5.75 Å². The van der Waals surface area contributed by atoms with Crippen molar-refractivity contribution in [2.75, 3.05) is 11.5 Å². The van der Waals surface area contributed by atoms with Crippen molar-refractivity contribution in [3.8, 4) is 0 Å². The van der Waals surface area contributed by atoms with Gasteiger partial charge in [0, 0.05) is 18.5 Å². The number of hydrogen-bond donors (Lipinski definition) is 1. The van der Waals surface area contributed by atoms with E-state index in [0.717, 1.165) is 18.1 Å². The van der Waals surface area contributed by atoms with Crippen LogP contribution in [0.1, 0.15) is 6.92 Å². The molecule has 0 spiro atoms. The molecule has 0 atom stereocenters. The molecule has 0 unspecified atom stereocenters. The molecule has 0 amide bonds. The molecule has 0 radical (unpaired) electrons. The maximum Gasteiger partial charge on any atom is 0.257 e. The second-order valence-electron chi connectivity index (χ2n) is 2.69. The molecule has 2 N–H and O–H groups in total. The van der Waals surface area contributed by atoms with E-state index in [1.165, 1.54) is 12.5 Å². The van der Waals surface area contributed by atoms with Crippen LogP contribution in [0.4, 0.5) is 0 Å². The van der Waals surface area contributed by atoms with Crippen molar-refractivity contribution in [2.24, 2.45) is 5.14 Å². The normalized spacial score (nSPS) is 11.9. The first-order valence-corrected chi connectivity index (χ1v) is 6.86. The topological polar surface area (TPSA) is 78.0 Å². The summed E-state index contributed by atoms with van der Waals surface area (Å²) in [6.45, 7) is 2.83. The number of sulfonamides is 1. The molecule has 0 saturated carbocycles. The van der Waals surface area contributed by atoms with Crippen LogP contribution in [0, 0.1) is 0 Å². The smallest absolute Gasteiger partial charge is 0.257 e. The van der Waals surface area contributed by atoms with Crippen molar-refractivity contribution >= 4 is 21.8 Å². The molecule has 0 aliphatic carbocycles. The zero-order valence-electron chi connectivity index (χ0n) is 7.88. The number of imidazole rings is 1. The third kappa shape index (κ3) is 3.32. The van der Waals surface area contributed by atoms with E-state index >= 15 is 0 Å². The van der Waals surface area contributed by atoms with Gasteiger partial charge < -0.3 is 4.57 Å². The van der Waals surface area contributed by atoms with Crippen molar-refractivity contribution < 1.29 is 8.42 Å². The number of rotatable bonds is 5. The van der Waals surface area contributed by atoms with Gasteiger partial charge in [-0.2, -0.15) is 11.8 Å². The highest BCUT2D eigenvalue weighted by molar-refractivity contribution is 7.99. The minimum absolute atomic E-state index is 0.0704. The standard InChI is InChI=1S/C7H13N3O2S2/c1-2-13-4-3-10-5-7(9-6-10)14(8,11)12/h5-6H,2-4H2,1H3,(H2,8,11,12). The number of thioether (sulfide) groups is 1. The molecule has 5 nitrogen and oxygen atoms in total. The van der Waals surface area contributed by atoms with E-state index in [4.69, 9.17) is 5.14 Å². The quantitative estimate of drug-likeness (QED) is 0.744. The summed E-state index contributed by atoms with van der Waals surface area (Å²) in [5, 5.41) is 4.85. The van der Waals surface area contributed by atoms with Gasteiger partial charge in [-0.25, -0.2) is 18.5 Å². The lowest BCUT2D eigenvalue weighted by Crippen LogP contribution is -2.12. The van der Waals surface area contributed by atoms with E-state index in [-0.39, 0.29) is 5.03 Å². The fourth-order valence-corrected chi connectivity index (χ4v) is 2.03. The molecule has 1 aromatic heterocycles. The highest BCUT2D eigenvalue weighted by Gasteiger charge is 2.10. The Kier molecular flexibility index (Phi) is 3.97. The molecular weight excluding hydrogens is 222 g/mol. The van der Waals surface area contributed by atoms with Crippen LogP contribution < -0.4 is 5.14 Å². The zero-order chi connectivity index (χ0) is 10.6. The van der Waals surface area contributed by atoms with E-state index in [1.54, 1.807) is 16.3 Å². The molecule has 0 aliphatic heterocycles. The molecular formula is C7H13N3O2S2. The van der Waals surface area contributed by atoms with Crippen molar-refractivity contribution in [3.05, 3.63) is 12.5 Å². The lowest BCUT2D eigenvalue weighted by atomic mass is 10.7. The average molecular weight is 235 g/mol. The Balaban J connectivity index is 2.60. The number of aromatic nitrogens is 2. The number of hydrogen-bond acceptors (Lipinski definition) is 4. The van der Waals surface area contributed by atoms with Crippen molar-refractivity contribution in [3.63, 3.8) is 0 Å². The maximum atomic E-state index is 10.9. The summed E-state index contributed by atoms with van der Waals surface area (Å²) in [7, 11) is -3.65. The monoisotopic (exact) mass is 235 g/mol. The lowest BCUT2D eigenvalue weighted by Gasteiger charge is -1.99. The number of nitrogens with zero attached hydrogens (tertiary/aromatic N) is 2. The fourth-order valence-electron chi connectivity index (χ4n) is 0.923. The van der Waals surface area contributed by atoms with Gasteiger partial charge >= 0.3 is 0 Å². The number of primary sulfonamides is 1. The van der Waals surface area contributed by atoms with Gasteiger partial charge in [0.2, 0.25) is 0 Å². The summed E-state index contributed by atoms with van der Waals surface area (Å²) in [5.74, 6) is 1.99. The predicted molar refractivity (Wildman–Crippen MR) is 56.6 cm³/mol. The SMILES string of the molecule is CCSCCn1cnc(S(N)(=O)=O)c1. The molecule has 80 valence electrons. The maximum absolute atomic E-state index is 10.9. The van der Waals surface area contributed by atoms with E-state index in [2.05, 4.69) is 11.9 Å². The lowest BCUT2D eigenvalue weighted by molar-refractivity contribution is 0.594. The van der Waals surface area contributed by atoms with Crippen LogP contribution in [0.2, 0.25) is 0 Å². The van der Waals surface area contributed by atoms with Crippen LogP contribution in [-0.2, 0) is 16.6 Å². The van der Waals surface area contributed by atoms with Crippen molar-refractivity contribution in [1.29, 1.82) is 0 Å². The van der Waals surface area contributed by atoms with Crippen LogP contribution in [0.15, 0.2) is 17.6 Å². The van der Waals surface area contributed by atoms with Crippen molar-refractivity contribution in [1.82, 2.24) is 9.55 Å². The Hall–Kier alpha value is -0.530. The van der Waals surface area contributed by atoms with E-state index in [9.17, 15) is 8.42 Å². The van der Waals surface area contributed by atoms with Crippen LogP contribution in [0.3, 0.4) is 0 Å². The first kappa shape index (κ1) is 11.5. The molecule has 0 bridgehead atoms. The largest absolute Gasteiger partial charge is 0.335 e. The summed E-state index contributed by atoms with van der Waals surface area (Å²) in [6.07, 6.45) is 2.93. The molecule has 7 heteroatoms. The highest BCUT2D eigenvalue weighted by Crippen LogP contribution is 2.04. The van der Waals surface area contributed by atoms with E-state index < -0.39 is 10.0 Å². The first-order valence-electron chi connectivity index (χ1n) is 4.16. The number of nitrogens with two attached hydrogens (primary N) is 1. The Morgan fingerprint density at radius 1 is 1.64 bits per heavy atom. The van der Waals surface area contributed by atoms with Gasteiger partial charge in [0.15, 0.2) is 5.03 Å². The van der Waals surface area contributed by atoms with Gasteiger partial charge in [-0.15, -0.1) is 0 Å².